The highest BCUT2D eigenvalue weighted by molar-refractivity contribution is 6.35. The van der Waals surface area contributed by atoms with Crippen molar-refractivity contribution in [3.05, 3.63) is 35.4 Å². The third-order valence-corrected chi connectivity index (χ3v) is 4.66. The number of amides is 2. The van der Waals surface area contributed by atoms with Gasteiger partial charge in [-0.2, -0.15) is 0 Å². The van der Waals surface area contributed by atoms with Crippen LogP contribution in [0.5, 0.6) is 0 Å². The van der Waals surface area contributed by atoms with Crippen LogP contribution in [0.2, 0.25) is 0 Å². The smallest absolute Gasteiger partial charge is 0.312 e. The molecule has 0 aromatic heterocycles. The second-order valence-electron chi connectivity index (χ2n) is 6.09. The van der Waals surface area contributed by atoms with E-state index in [9.17, 15) is 9.59 Å². The van der Waals surface area contributed by atoms with Crippen LogP contribution in [-0.4, -0.2) is 40.7 Å². The predicted molar refractivity (Wildman–Crippen MR) is 80.6 cm³/mol. The fourth-order valence-electron chi connectivity index (χ4n) is 3.33. The lowest BCUT2D eigenvalue weighted by atomic mass is 9.99. The number of piperidine rings is 1. The number of nitrogens with zero attached hydrogens (tertiary/aromatic N) is 2. The number of hydrogen-bond acceptors (Lipinski definition) is 2. The van der Waals surface area contributed by atoms with E-state index in [2.05, 4.69) is 6.07 Å². The molecule has 1 saturated heterocycles. The van der Waals surface area contributed by atoms with Gasteiger partial charge in [-0.1, -0.05) is 24.3 Å². The summed E-state index contributed by atoms with van der Waals surface area (Å²) in [5.41, 5.74) is 2.46. The molecular weight excluding hydrogens is 264 g/mol. The fraction of sp³-hybridized carbons (Fsp3) is 0.529. The lowest BCUT2D eigenvalue weighted by molar-refractivity contribution is -0.154. The number of likely N-dealkylation sites (tertiary alicyclic amines) is 1. The Balaban J connectivity index is 1.70. The summed E-state index contributed by atoms with van der Waals surface area (Å²) in [4.78, 5) is 28.4. The number of fused-ring (bicyclic) bond motifs is 1. The average molecular weight is 286 g/mol. The number of rotatable bonds is 0. The minimum Gasteiger partial charge on any atom is -0.332 e. The summed E-state index contributed by atoms with van der Waals surface area (Å²) in [7, 11) is 0. The minimum absolute atomic E-state index is 0.187. The number of hydrogen-bond donors (Lipinski definition) is 0. The molecule has 4 heteroatoms. The first-order chi connectivity index (χ1) is 10.2. The van der Waals surface area contributed by atoms with E-state index in [1.807, 2.05) is 25.1 Å². The van der Waals surface area contributed by atoms with Crippen molar-refractivity contribution >= 4 is 11.8 Å². The fourth-order valence-corrected chi connectivity index (χ4v) is 3.33. The Hall–Kier alpha value is -1.84. The van der Waals surface area contributed by atoms with Crippen molar-refractivity contribution in [2.24, 2.45) is 0 Å². The largest absolute Gasteiger partial charge is 0.332 e. The highest BCUT2D eigenvalue weighted by Gasteiger charge is 2.32. The molecule has 0 spiro atoms. The van der Waals surface area contributed by atoms with Crippen LogP contribution in [0.15, 0.2) is 24.3 Å². The third kappa shape index (κ3) is 2.80. The van der Waals surface area contributed by atoms with Crippen molar-refractivity contribution < 1.29 is 9.59 Å². The SMILES string of the molecule is CC1CCCCN1C(=O)C(=O)N1CCc2ccccc2C1. The molecule has 1 aromatic rings. The Bertz CT molecular complexity index is 555. The van der Waals surface area contributed by atoms with Crippen LogP contribution in [0, 0.1) is 0 Å². The van der Waals surface area contributed by atoms with E-state index in [1.54, 1.807) is 9.80 Å². The number of carbonyl (C=O) groups excluding carboxylic acids is 2. The molecule has 0 radical (unpaired) electrons. The topological polar surface area (TPSA) is 40.6 Å². The molecule has 1 atom stereocenters. The van der Waals surface area contributed by atoms with Gasteiger partial charge in [-0.3, -0.25) is 9.59 Å². The van der Waals surface area contributed by atoms with Gasteiger partial charge in [0.2, 0.25) is 0 Å². The summed E-state index contributed by atoms with van der Waals surface area (Å²) in [5, 5.41) is 0. The molecule has 0 bridgehead atoms. The molecule has 2 aliphatic heterocycles. The summed E-state index contributed by atoms with van der Waals surface area (Å²) in [5.74, 6) is -0.653. The summed E-state index contributed by atoms with van der Waals surface area (Å²) < 4.78 is 0. The second-order valence-corrected chi connectivity index (χ2v) is 6.09. The maximum absolute atomic E-state index is 12.5. The van der Waals surface area contributed by atoms with Gasteiger partial charge >= 0.3 is 11.8 Å². The number of carbonyl (C=O) groups is 2. The molecule has 2 aliphatic rings. The van der Waals surface area contributed by atoms with E-state index >= 15 is 0 Å². The Labute approximate surface area is 125 Å². The van der Waals surface area contributed by atoms with Crippen LogP contribution in [-0.2, 0) is 22.6 Å². The van der Waals surface area contributed by atoms with Crippen molar-refractivity contribution in [2.45, 2.75) is 45.2 Å². The first-order valence-corrected chi connectivity index (χ1v) is 7.83. The van der Waals surface area contributed by atoms with Gasteiger partial charge in [0, 0.05) is 25.7 Å². The average Bonchev–Trinajstić information content (AvgIpc) is 2.53. The van der Waals surface area contributed by atoms with E-state index in [0.717, 1.165) is 37.8 Å². The van der Waals surface area contributed by atoms with E-state index in [4.69, 9.17) is 0 Å². The number of benzene rings is 1. The molecule has 1 unspecified atom stereocenters. The van der Waals surface area contributed by atoms with Crippen LogP contribution in [0.1, 0.15) is 37.3 Å². The quantitative estimate of drug-likeness (QED) is 0.684. The van der Waals surface area contributed by atoms with Crippen LogP contribution in [0.4, 0.5) is 0 Å². The van der Waals surface area contributed by atoms with Crippen molar-refractivity contribution in [3.63, 3.8) is 0 Å². The summed E-state index contributed by atoms with van der Waals surface area (Å²) >= 11 is 0. The van der Waals surface area contributed by atoms with Crippen molar-refractivity contribution in [3.8, 4) is 0 Å². The zero-order chi connectivity index (χ0) is 14.8. The van der Waals surface area contributed by atoms with Crippen molar-refractivity contribution in [1.29, 1.82) is 0 Å². The molecule has 0 aliphatic carbocycles. The predicted octanol–water partition coefficient (Wildman–Crippen LogP) is 1.97. The lowest BCUT2D eigenvalue weighted by Gasteiger charge is -2.35. The van der Waals surface area contributed by atoms with E-state index in [0.29, 0.717) is 13.1 Å². The van der Waals surface area contributed by atoms with Gasteiger partial charge in [0.25, 0.3) is 0 Å². The highest BCUT2D eigenvalue weighted by atomic mass is 16.2. The third-order valence-electron chi connectivity index (χ3n) is 4.66. The molecular formula is C17H22N2O2. The van der Waals surface area contributed by atoms with Gasteiger partial charge in [0.15, 0.2) is 0 Å². The van der Waals surface area contributed by atoms with Gasteiger partial charge < -0.3 is 9.80 Å². The minimum atomic E-state index is -0.335. The standard InChI is InChI=1S/C17H22N2O2/c1-13-6-4-5-10-19(13)17(21)16(20)18-11-9-14-7-2-3-8-15(14)12-18/h2-3,7-8,13H,4-6,9-12H2,1H3. The van der Waals surface area contributed by atoms with Gasteiger partial charge in [-0.15, -0.1) is 0 Å². The Morgan fingerprint density at radius 3 is 2.57 bits per heavy atom. The summed E-state index contributed by atoms with van der Waals surface area (Å²) in [6.45, 7) is 3.96. The molecule has 2 heterocycles. The maximum atomic E-state index is 12.5. The second kappa shape index (κ2) is 5.88. The zero-order valence-corrected chi connectivity index (χ0v) is 12.5. The van der Waals surface area contributed by atoms with E-state index < -0.39 is 0 Å². The Morgan fingerprint density at radius 1 is 1.05 bits per heavy atom. The molecule has 3 rings (SSSR count). The normalized spacial score (nSPS) is 21.9. The van der Waals surface area contributed by atoms with Gasteiger partial charge in [0.05, 0.1) is 0 Å². The molecule has 21 heavy (non-hydrogen) atoms. The maximum Gasteiger partial charge on any atom is 0.312 e. The monoisotopic (exact) mass is 286 g/mol. The zero-order valence-electron chi connectivity index (χ0n) is 12.5. The Morgan fingerprint density at radius 2 is 1.81 bits per heavy atom. The first-order valence-electron chi connectivity index (χ1n) is 7.83. The van der Waals surface area contributed by atoms with Crippen LogP contribution < -0.4 is 0 Å². The first kappa shape index (κ1) is 14.1. The van der Waals surface area contributed by atoms with E-state index in [-0.39, 0.29) is 17.9 Å². The summed E-state index contributed by atoms with van der Waals surface area (Å²) in [6.07, 6.45) is 4.00. The van der Waals surface area contributed by atoms with Crippen LogP contribution in [0.3, 0.4) is 0 Å². The van der Waals surface area contributed by atoms with Gasteiger partial charge in [0.1, 0.15) is 0 Å². The van der Waals surface area contributed by atoms with Crippen molar-refractivity contribution in [2.75, 3.05) is 13.1 Å². The molecule has 1 aromatic carbocycles. The van der Waals surface area contributed by atoms with Crippen LogP contribution in [0.25, 0.3) is 0 Å². The molecule has 0 saturated carbocycles. The molecule has 2 amide bonds. The van der Waals surface area contributed by atoms with Gasteiger partial charge in [-0.25, -0.2) is 0 Å². The van der Waals surface area contributed by atoms with E-state index in [1.165, 1.54) is 5.56 Å². The van der Waals surface area contributed by atoms with Gasteiger partial charge in [-0.05, 0) is 43.7 Å². The molecule has 0 N–H and O–H groups in total. The Kier molecular flexibility index (Phi) is 3.95. The molecule has 4 nitrogen and oxygen atoms in total. The summed E-state index contributed by atoms with van der Waals surface area (Å²) in [6, 6.07) is 8.35. The van der Waals surface area contributed by atoms with Crippen LogP contribution >= 0.6 is 0 Å². The highest BCUT2D eigenvalue weighted by Crippen LogP contribution is 2.21. The molecule has 112 valence electrons. The lowest BCUT2D eigenvalue weighted by Crippen LogP contribution is -2.51. The van der Waals surface area contributed by atoms with Crippen molar-refractivity contribution in [1.82, 2.24) is 9.80 Å². The molecule has 1 fully saturated rings.